The molecule has 1 aliphatic heterocycles. The van der Waals surface area contributed by atoms with Crippen LogP contribution in [0.5, 0.6) is 0 Å². The van der Waals surface area contributed by atoms with E-state index in [9.17, 15) is 4.79 Å². The van der Waals surface area contributed by atoms with Crippen LogP contribution in [0.4, 0.5) is 5.82 Å². The second-order valence-corrected chi connectivity index (χ2v) is 8.86. The minimum absolute atomic E-state index is 0.0734. The van der Waals surface area contributed by atoms with Gasteiger partial charge in [-0.3, -0.25) is 9.69 Å². The minimum Gasteiger partial charge on any atom is -0.354 e. The molecule has 1 aliphatic carbocycles. The summed E-state index contributed by atoms with van der Waals surface area (Å²) < 4.78 is 0. The highest BCUT2D eigenvalue weighted by Crippen LogP contribution is 2.27. The average Bonchev–Trinajstić information content (AvgIpc) is 2.80. The van der Waals surface area contributed by atoms with Crippen LogP contribution >= 0.6 is 0 Å². The van der Waals surface area contributed by atoms with E-state index >= 15 is 0 Å². The molecule has 4 rings (SSSR count). The molecule has 1 aromatic carbocycles. The summed E-state index contributed by atoms with van der Waals surface area (Å²) in [4.78, 5) is 21.9. The van der Waals surface area contributed by atoms with Crippen molar-refractivity contribution in [1.29, 1.82) is 0 Å². The summed E-state index contributed by atoms with van der Waals surface area (Å²) in [5.41, 5.74) is 1.96. The number of amides is 1. The van der Waals surface area contributed by atoms with E-state index in [1.165, 1.54) is 31.4 Å². The number of pyridine rings is 1. The Bertz CT molecular complexity index is 792. The second kappa shape index (κ2) is 10.1. The SMILES string of the molecule is Cc1ccc(C(=O)NC2CCC(CCN3CCN(c4ccccn4)CC3)CC2)cc1. The Kier molecular flexibility index (Phi) is 7.00. The summed E-state index contributed by atoms with van der Waals surface area (Å²) in [5.74, 6) is 1.97. The van der Waals surface area contributed by atoms with E-state index in [0.717, 1.165) is 56.3 Å². The number of benzene rings is 1. The molecule has 2 aromatic rings. The van der Waals surface area contributed by atoms with E-state index < -0.39 is 0 Å². The molecule has 1 amide bonds. The highest BCUT2D eigenvalue weighted by molar-refractivity contribution is 5.94. The van der Waals surface area contributed by atoms with Crippen molar-refractivity contribution < 1.29 is 4.79 Å². The number of carbonyl (C=O) groups is 1. The molecule has 2 aliphatic rings. The number of nitrogens with one attached hydrogen (secondary N) is 1. The lowest BCUT2D eigenvalue weighted by atomic mass is 9.84. The van der Waals surface area contributed by atoms with E-state index in [-0.39, 0.29) is 5.91 Å². The number of aromatic nitrogens is 1. The first-order valence-corrected chi connectivity index (χ1v) is 11.4. The van der Waals surface area contributed by atoms with Crippen molar-refractivity contribution in [2.75, 3.05) is 37.6 Å². The molecule has 1 saturated heterocycles. The molecule has 160 valence electrons. The van der Waals surface area contributed by atoms with E-state index in [1.54, 1.807) is 0 Å². The van der Waals surface area contributed by atoms with Crippen molar-refractivity contribution in [3.63, 3.8) is 0 Å². The number of piperazine rings is 1. The largest absolute Gasteiger partial charge is 0.354 e. The van der Waals surface area contributed by atoms with Gasteiger partial charge in [0.15, 0.2) is 0 Å². The summed E-state index contributed by atoms with van der Waals surface area (Å²) in [5, 5.41) is 3.24. The van der Waals surface area contributed by atoms with E-state index in [2.05, 4.69) is 32.2 Å². The van der Waals surface area contributed by atoms with Gasteiger partial charge in [0.1, 0.15) is 5.82 Å². The van der Waals surface area contributed by atoms with Crippen LogP contribution in [0.1, 0.15) is 48.0 Å². The molecule has 2 heterocycles. The third kappa shape index (κ3) is 5.60. The lowest BCUT2D eigenvalue weighted by Crippen LogP contribution is -2.47. The van der Waals surface area contributed by atoms with Crippen molar-refractivity contribution in [2.45, 2.75) is 45.1 Å². The topological polar surface area (TPSA) is 48.5 Å². The normalized spacial score (nSPS) is 22.6. The average molecular weight is 407 g/mol. The van der Waals surface area contributed by atoms with Crippen LogP contribution in [0.2, 0.25) is 0 Å². The molecule has 0 radical (unpaired) electrons. The van der Waals surface area contributed by atoms with Crippen LogP contribution in [0.15, 0.2) is 48.7 Å². The van der Waals surface area contributed by atoms with Crippen LogP contribution in [-0.2, 0) is 0 Å². The zero-order valence-electron chi connectivity index (χ0n) is 18.1. The van der Waals surface area contributed by atoms with Gasteiger partial charge in [-0.1, -0.05) is 23.8 Å². The molecule has 0 unspecified atom stereocenters. The predicted octanol–water partition coefficient (Wildman–Crippen LogP) is 3.89. The van der Waals surface area contributed by atoms with E-state index in [4.69, 9.17) is 0 Å². The van der Waals surface area contributed by atoms with Crippen LogP contribution in [-0.4, -0.2) is 54.6 Å². The van der Waals surface area contributed by atoms with Crippen LogP contribution in [0.25, 0.3) is 0 Å². The molecule has 2 fully saturated rings. The van der Waals surface area contributed by atoms with E-state index in [0.29, 0.717) is 6.04 Å². The number of hydrogen-bond acceptors (Lipinski definition) is 4. The zero-order chi connectivity index (χ0) is 20.8. The highest BCUT2D eigenvalue weighted by atomic mass is 16.1. The fourth-order valence-electron chi connectivity index (χ4n) is 4.68. The van der Waals surface area contributed by atoms with Crippen LogP contribution in [0.3, 0.4) is 0 Å². The second-order valence-electron chi connectivity index (χ2n) is 8.86. The summed E-state index contributed by atoms with van der Waals surface area (Å²) >= 11 is 0. The van der Waals surface area contributed by atoms with Gasteiger partial charge >= 0.3 is 0 Å². The van der Waals surface area contributed by atoms with Crippen LogP contribution in [0, 0.1) is 12.8 Å². The Balaban J connectivity index is 1.14. The molecule has 0 atom stereocenters. The first-order valence-electron chi connectivity index (χ1n) is 11.4. The Morgan fingerprint density at radius 3 is 2.40 bits per heavy atom. The smallest absolute Gasteiger partial charge is 0.251 e. The number of aryl methyl sites for hydroxylation is 1. The summed E-state index contributed by atoms with van der Waals surface area (Å²) in [7, 11) is 0. The maximum absolute atomic E-state index is 12.4. The van der Waals surface area contributed by atoms with Gasteiger partial charge in [0.25, 0.3) is 5.91 Å². The first kappa shape index (κ1) is 20.9. The Morgan fingerprint density at radius 1 is 1.00 bits per heavy atom. The fraction of sp³-hybridized carbons (Fsp3) is 0.520. The Labute approximate surface area is 180 Å². The molecule has 1 saturated carbocycles. The van der Waals surface area contributed by atoms with Crippen LogP contribution < -0.4 is 10.2 Å². The first-order chi connectivity index (χ1) is 14.7. The monoisotopic (exact) mass is 406 g/mol. The third-order valence-electron chi connectivity index (χ3n) is 6.69. The molecule has 0 bridgehead atoms. The van der Waals surface area contributed by atoms with Crippen molar-refractivity contribution in [1.82, 2.24) is 15.2 Å². The molecule has 0 spiro atoms. The molecule has 1 N–H and O–H groups in total. The van der Waals surface area contributed by atoms with Gasteiger partial charge in [0.2, 0.25) is 0 Å². The minimum atomic E-state index is 0.0734. The standard InChI is InChI=1S/C25H34N4O/c1-20-5-9-22(10-6-20)25(30)27-23-11-7-21(8-12-23)13-15-28-16-18-29(19-17-28)24-4-2-3-14-26-24/h2-6,9-10,14,21,23H,7-8,11-13,15-19H2,1H3,(H,27,30). The highest BCUT2D eigenvalue weighted by Gasteiger charge is 2.24. The Morgan fingerprint density at radius 2 is 1.73 bits per heavy atom. The van der Waals surface area contributed by atoms with Gasteiger partial charge < -0.3 is 10.2 Å². The van der Waals surface area contributed by atoms with Gasteiger partial charge in [-0.25, -0.2) is 4.98 Å². The van der Waals surface area contributed by atoms with Crippen molar-refractivity contribution in [2.24, 2.45) is 5.92 Å². The maximum atomic E-state index is 12.4. The molecule has 1 aromatic heterocycles. The molecule has 5 nitrogen and oxygen atoms in total. The maximum Gasteiger partial charge on any atom is 0.251 e. The molecule has 5 heteroatoms. The molecular weight excluding hydrogens is 372 g/mol. The Hall–Kier alpha value is -2.40. The van der Waals surface area contributed by atoms with Gasteiger partial charge in [-0.15, -0.1) is 0 Å². The number of carbonyl (C=O) groups excluding carboxylic acids is 1. The quantitative estimate of drug-likeness (QED) is 0.791. The van der Waals surface area contributed by atoms with Crippen molar-refractivity contribution in [3.8, 4) is 0 Å². The molecule has 30 heavy (non-hydrogen) atoms. The van der Waals surface area contributed by atoms with Gasteiger partial charge in [-0.2, -0.15) is 0 Å². The summed E-state index contributed by atoms with van der Waals surface area (Å²) in [6.45, 7) is 7.62. The van der Waals surface area contributed by atoms with Crippen molar-refractivity contribution >= 4 is 11.7 Å². The summed E-state index contributed by atoms with van der Waals surface area (Å²) in [6.07, 6.45) is 7.83. The fourth-order valence-corrected chi connectivity index (χ4v) is 4.68. The number of anilines is 1. The lowest BCUT2D eigenvalue weighted by molar-refractivity contribution is 0.0919. The third-order valence-corrected chi connectivity index (χ3v) is 6.69. The zero-order valence-corrected chi connectivity index (χ0v) is 18.1. The summed E-state index contributed by atoms with van der Waals surface area (Å²) in [6, 6.07) is 14.3. The molecular formula is C25H34N4O. The van der Waals surface area contributed by atoms with Gasteiger partial charge in [0, 0.05) is 44.0 Å². The van der Waals surface area contributed by atoms with Crippen molar-refractivity contribution in [3.05, 3.63) is 59.8 Å². The predicted molar refractivity (Wildman–Crippen MR) is 122 cm³/mol. The van der Waals surface area contributed by atoms with Gasteiger partial charge in [-0.05, 0) is 75.8 Å². The number of nitrogens with zero attached hydrogens (tertiary/aromatic N) is 3. The van der Waals surface area contributed by atoms with E-state index in [1.807, 2.05) is 43.5 Å². The number of hydrogen-bond donors (Lipinski definition) is 1. The van der Waals surface area contributed by atoms with Gasteiger partial charge in [0.05, 0.1) is 0 Å². The number of rotatable bonds is 6. The lowest BCUT2D eigenvalue weighted by Gasteiger charge is -2.36.